The Bertz CT molecular complexity index is 560. The minimum absolute atomic E-state index is 0.0711. The van der Waals surface area contributed by atoms with Crippen molar-refractivity contribution in [3.8, 4) is 0 Å². The number of imide groups is 1. The van der Waals surface area contributed by atoms with Gasteiger partial charge in [0.15, 0.2) is 5.78 Å². The average Bonchev–Trinajstić information content (AvgIpc) is 3.05. The molecule has 0 spiro atoms. The first-order valence-corrected chi connectivity index (χ1v) is 11.7. The molecule has 0 radical (unpaired) electrons. The molecule has 1 aliphatic rings. The summed E-state index contributed by atoms with van der Waals surface area (Å²) in [7, 11) is 0. The van der Waals surface area contributed by atoms with Gasteiger partial charge in [0.1, 0.15) is 0 Å². The van der Waals surface area contributed by atoms with Crippen LogP contribution in [0.15, 0.2) is 12.2 Å². The predicted octanol–water partition coefficient (Wildman–Crippen LogP) is 4.94. The quantitative estimate of drug-likeness (QED) is 0.364. The Morgan fingerprint density at radius 3 is 2.50 bits per heavy atom. The van der Waals surface area contributed by atoms with Crippen LogP contribution in [0.4, 0.5) is 4.79 Å². The smallest absolute Gasteiger partial charge is 0.413 e. The number of amides is 2. The van der Waals surface area contributed by atoms with Crippen molar-refractivity contribution >= 4 is 17.8 Å². The lowest BCUT2D eigenvalue weighted by Crippen LogP contribution is -2.28. The Hall–Kier alpha value is -1.69. The second-order valence-corrected chi connectivity index (χ2v) is 8.67. The molecule has 0 saturated heterocycles. The molecule has 2 amide bonds. The van der Waals surface area contributed by atoms with Gasteiger partial charge in [0, 0.05) is 12.8 Å². The summed E-state index contributed by atoms with van der Waals surface area (Å²) in [5.41, 5.74) is 0. The average molecular weight is 424 g/mol. The van der Waals surface area contributed by atoms with Gasteiger partial charge in [-0.25, -0.2) is 4.79 Å². The highest BCUT2D eigenvalue weighted by Gasteiger charge is 2.30. The van der Waals surface area contributed by atoms with Crippen LogP contribution in [0.3, 0.4) is 0 Å². The zero-order valence-corrected chi connectivity index (χ0v) is 19.0. The molecule has 0 aromatic heterocycles. The Balaban J connectivity index is 2.16. The summed E-state index contributed by atoms with van der Waals surface area (Å²) in [5, 5.41) is 12.5. The number of unbranched alkanes of at least 4 members (excludes halogenated alkanes) is 5. The summed E-state index contributed by atoms with van der Waals surface area (Å²) < 4.78 is 4.91. The third-order valence-corrected chi connectivity index (χ3v) is 6.03. The molecule has 0 aliphatic heterocycles. The normalized spacial score (nSPS) is 20.2. The van der Waals surface area contributed by atoms with E-state index in [1.54, 1.807) is 6.08 Å². The van der Waals surface area contributed by atoms with Crippen LogP contribution in [0.5, 0.6) is 0 Å². The molecule has 0 saturated carbocycles. The number of carbonyl (C=O) groups excluding carboxylic acids is 3. The Morgan fingerprint density at radius 1 is 1.10 bits per heavy atom. The van der Waals surface area contributed by atoms with Gasteiger partial charge < -0.3 is 9.84 Å². The second kappa shape index (κ2) is 15.2. The Morgan fingerprint density at radius 2 is 1.80 bits per heavy atom. The molecule has 0 heterocycles. The molecule has 1 unspecified atom stereocenters. The number of hydrogen-bond acceptors (Lipinski definition) is 5. The molecule has 4 atom stereocenters. The van der Waals surface area contributed by atoms with E-state index < -0.39 is 12.0 Å². The summed E-state index contributed by atoms with van der Waals surface area (Å²) in [6.07, 6.45) is 13.5. The van der Waals surface area contributed by atoms with E-state index in [2.05, 4.69) is 19.2 Å². The molecule has 0 fully saturated rings. The molecule has 0 aromatic carbocycles. The molecule has 6 heteroatoms. The van der Waals surface area contributed by atoms with E-state index in [0.29, 0.717) is 12.5 Å². The molecule has 172 valence electrons. The van der Waals surface area contributed by atoms with Crippen molar-refractivity contribution in [1.82, 2.24) is 5.32 Å². The number of aliphatic hydroxyl groups excluding tert-OH is 1. The van der Waals surface area contributed by atoms with Crippen LogP contribution < -0.4 is 5.32 Å². The van der Waals surface area contributed by atoms with Crippen LogP contribution in [-0.4, -0.2) is 35.6 Å². The van der Waals surface area contributed by atoms with Crippen LogP contribution in [0, 0.1) is 17.8 Å². The lowest BCUT2D eigenvalue weighted by molar-refractivity contribution is -0.119. The molecule has 1 aliphatic carbocycles. The highest BCUT2D eigenvalue weighted by molar-refractivity contribution is 5.94. The number of nitrogens with one attached hydrogen (secondary N) is 1. The van der Waals surface area contributed by atoms with Crippen molar-refractivity contribution in [1.29, 1.82) is 0 Å². The standard InChI is InChI=1S/C24H41NO5/c1-4-5-11-18(2)22(27)15-13-20-14-16-23(28)21(20)12-9-7-6-8-10-17-30-24(29)25-19(3)26/h14,16,18,20-22,27H,4-13,15,17H2,1-3H3,(H,25,26,29)/t18?,20-,21+,22-/m0/s1. The molecule has 0 aromatic rings. The fourth-order valence-corrected chi connectivity index (χ4v) is 4.05. The van der Waals surface area contributed by atoms with Gasteiger partial charge in [-0.15, -0.1) is 0 Å². The molecule has 30 heavy (non-hydrogen) atoms. The van der Waals surface area contributed by atoms with Crippen molar-refractivity contribution in [3.63, 3.8) is 0 Å². The van der Waals surface area contributed by atoms with Gasteiger partial charge in [-0.2, -0.15) is 0 Å². The van der Waals surface area contributed by atoms with Crippen LogP contribution in [0.2, 0.25) is 0 Å². The Kier molecular flexibility index (Phi) is 13.3. The second-order valence-electron chi connectivity index (χ2n) is 8.67. The first-order chi connectivity index (χ1) is 14.3. The van der Waals surface area contributed by atoms with Crippen LogP contribution in [0.1, 0.15) is 91.4 Å². The molecular formula is C24H41NO5. The van der Waals surface area contributed by atoms with Crippen LogP contribution in [0.25, 0.3) is 0 Å². The lowest BCUT2D eigenvalue weighted by atomic mass is 9.84. The number of alkyl carbamates (subject to hydrolysis) is 1. The van der Waals surface area contributed by atoms with E-state index >= 15 is 0 Å². The van der Waals surface area contributed by atoms with Gasteiger partial charge in [0.2, 0.25) is 5.91 Å². The zero-order valence-electron chi connectivity index (χ0n) is 19.0. The summed E-state index contributed by atoms with van der Waals surface area (Å²) in [6.45, 7) is 5.87. The number of rotatable bonds is 15. The fraction of sp³-hybridized carbons (Fsp3) is 0.792. The van der Waals surface area contributed by atoms with E-state index in [0.717, 1.165) is 70.6 Å². The van der Waals surface area contributed by atoms with Crippen molar-refractivity contribution in [2.24, 2.45) is 17.8 Å². The van der Waals surface area contributed by atoms with Gasteiger partial charge >= 0.3 is 6.09 Å². The number of hydrogen-bond donors (Lipinski definition) is 2. The highest BCUT2D eigenvalue weighted by Crippen LogP contribution is 2.32. The predicted molar refractivity (Wildman–Crippen MR) is 118 cm³/mol. The van der Waals surface area contributed by atoms with E-state index in [-0.39, 0.29) is 23.7 Å². The first-order valence-electron chi connectivity index (χ1n) is 11.7. The van der Waals surface area contributed by atoms with E-state index in [4.69, 9.17) is 4.74 Å². The van der Waals surface area contributed by atoms with E-state index in [9.17, 15) is 19.5 Å². The third kappa shape index (κ3) is 10.9. The fourth-order valence-electron chi connectivity index (χ4n) is 4.05. The first kappa shape index (κ1) is 26.3. The van der Waals surface area contributed by atoms with E-state index in [1.165, 1.54) is 6.92 Å². The van der Waals surface area contributed by atoms with Gasteiger partial charge in [-0.05, 0) is 50.0 Å². The number of ether oxygens (including phenoxy) is 1. The Labute approximate surface area is 181 Å². The maximum absolute atomic E-state index is 12.2. The zero-order chi connectivity index (χ0) is 22.4. The van der Waals surface area contributed by atoms with Gasteiger partial charge in [-0.3, -0.25) is 14.9 Å². The summed E-state index contributed by atoms with van der Waals surface area (Å²) in [6, 6.07) is 0. The highest BCUT2D eigenvalue weighted by atomic mass is 16.5. The van der Waals surface area contributed by atoms with Gasteiger partial charge in [0.25, 0.3) is 0 Å². The van der Waals surface area contributed by atoms with Crippen molar-refractivity contribution < 1.29 is 24.2 Å². The topological polar surface area (TPSA) is 92.7 Å². The number of carbonyl (C=O) groups is 3. The number of allylic oxidation sites excluding steroid dienone is 2. The van der Waals surface area contributed by atoms with E-state index in [1.807, 2.05) is 6.08 Å². The monoisotopic (exact) mass is 423 g/mol. The SMILES string of the molecule is CCCCC(C)[C@@H](O)CC[C@H]1C=CC(=O)[C@@H]1CCCCCCCOC(=O)NC(C)=O. The van der Waals surface area contributed by atoms with Crippen LogP contribution >= 0.6 is 0 Å². The third-order valence-electron chi connectivity index (χ3n) is 6.03. The maximum atomic E-state index is 12.2. The summed E-state index contributed by atoms with van der Waals surface area (Å²) in [5.74, 6) is 0.468. The molecule has 0 bridgehead atoms. The number of ketones is 1. The molecule has 2 N–H and O–H groups in total. The minimum Gasteiger partial charge on any atom is -0.449 e. The van der Waals surface area contributed by atoms with Crippen molar-refractivity contribution in [3.05, 3.63) is 12.2 Å². The van der Waals surface area contributed by atoms with Crippen molar-refractivity contribution in [2.75, 3.05) is 6.61 Å². The largest absolute Gasteiger partial charge is 0.449 e. The molecular weight excluding hydrogens is 382 g/mol. The minimum atomic E-state index is -0.689. The lowest BCUT2D eigenvalue weighted by Gasteiger charge is -2.22. The van der Waals surface area contributed by atoms with Gasteiger partial charge in [-0.1, -0.05) is 58.4 Å². The summed E-state index contributed by atoms with van der Waals surface area (Å²) in [4.78, 5) is 34.1. The molecule has 6 nitrogen and oxygen atoms in total. The number of aliphatic hydroxyl groups is 1. The maximum Gasteiger partial charge on any atom is 0.413 e. The summed E-state index contributed by atoms with van der Waals surface area (Å²) >= 11 is 0. The van der Waals surface area contributed by atoms with Gasteiger partial charge in [0.05, 0.1) is 12.7 Å². The molecule has 1 rings (SSSR count). The van der Waals surface area contributed by atoms with Crippen LogP contribution in [-0.2, 0) is 14.3 Å². The van der Waals surface area contributed by atoms with Crippen molar-refractivity contribution in [2.45, 2.75) is 97.5 Å².